The summed E-state index contributed by atoms with van der Waals surface area (Å²) >= 11 is 3.39. The van der Waals surface area contributed by atoms with E-state index in [1.165, 1.54) is 0 Å². The third kappa shape index (κ3) is 2.16. The lowest BCUT2D eigenvalue weighted by molar-refractivity contribution is -0.145. The van der Waals surface area contributed by atoms with Crippen molar-refractivity contribution in [3.05, 3.63) is 21.9 Å². The number of methoxy groups -OCH3 is 1. The van der Waals surface area contributed by atoms with Gasteiger partial charge in [0.15, 0.2) is 0 Å². The van der Waals surface area contributed by atoms with Crippen LogP contribution in [0.2, 0.25) is 0 Å². The average molecular weight is 300 g/mol. The summed E-state index contributed by atoms with van der Waals surface area (Å²) in [6.07, 6.45) is 3.22. The van der Waals surface area contributed by atoms with Gasteiger partial charge in [-0.3, -0.25) is 9.78 Å². The van der Waals surface area contributed by atoms with Crippen molar-refractivity contribution < 1.29 is 14.3 Å². The van der Waals surface area contributed by atoms with Gasteiger partial charge in [-0.15, -0.1) is 0 Å². The number of nitrogens with zero attached hydrogens (tertiary/aromatic N) is 1. The summed E-state index contributed by atoms with van der Waals surface area (Å²) in [5.74, 6) is 0.344. The molecule has 4 nitrogen and oxygen atoms in total. The molecule has 2 rings (SSSR count). The maximum Gasteiger partial charge on any atom is 0.315 e. The molecular weight excluding hydrogens is 286 g/mol. The number of ether oxygens (including phenoxy) is 2. The number of hydrogen-bond acceptors (Lipinski definition) is 4. The summed E-state index contributed by atoms with van der Waals surface area (Å²) < 4.78 is 11.2. The van der Waals surface area contributed by atoms with Gasteiger partial charge in [0.2, 0.25) is 0 Å². The van der Waals surface area contributed by atoms with E-state index < -0.39 is 0 Å². The van der Waals surface area contributed by atoms with Crippen molar-refractivity contribution in [2.24, 2.45) is 0 Å². The highest BCUT2D eigenvalue weighted by Crippen LogP contribution is 2.40. The van der Waals surface area contributed by atoms with Crippen molar-refractivity contribution >= 4 is 21.9 Å². The number of halogens is 1. The molecule has 0 radical (unpaired) electrons. The van der Waals surface area contributed by atoms with Gasteiger partial charge in [0.25, 0.3) is 0 Å². The SMILES string of the molecule is CCOC(=O)C1CCc2c1ncc(Br)c2OC. The van der Waals surface area contributed by atoms with Crippen LogP contribution in [0.4, 0.5) is 0 Å². The Bertz CT molecular complexity index is 448. The van der Waals surface area contributed by atoms with Crippen LogP contribution in [0.25, 0.3) is 0 Å². The lowest BCUT2D eigenvalue weighted by Crippen LogP contribution is -2.14. The number of carbonyl (C=O) groups is 1. The Kier molecular flexibility index (Phi) is 3.66. The Hall–Kier alpha value is -1.10. The minimum atomic E-state index is -0.244. The quantitative estimate of drug-likeness (QED) is 0.805. The molecule has 1 aromatic rings. The maximum atomic E-state index is 11.8. The van der Waals surface area contributed by atoms with Gasteiger partial charge in [-0.2, -0.15) is 0 Å². The Labute approximate surface area is 108 Å². The monoisotopic (exact) mass is 299 g/mol. The maximum absolute atomic E-state index is 11.8. The summed E-state index contributed by atoms with van der Waals surface area (Å²) in [4.78, 5) is 16.1. The van der Waals surface area contributed by atoms with E-state index in [0.717, 1.165) is 34.3 Å². The lowest BCUT2D eigenvalue weighted by Gasteiger charge is -2.11. The van der Waals surface area contributed by atoms with Crippen molar-refractivity contribution in [3.63, 3.8) is 0 Å². The zero-order valence-electron chi connectivity index (χ0n) is 9.83. The fourth-order valence-electron chi connectivity index (χ4n) is 2.18. The summed E-state index contributed by atoms with van der Waals surface area (Å²) in [7, 11) is 1.62. The van der Waals surface area contributed by atoms with Gasteiger partial charge in [0.05, 0.1) is 29.8 Å². The number of esters is 1. The molecule has 92 valence electrons. The first-order valence-electron chi connectivity index (χ1n) is 5.57. The predicted octanol–water partition coefficient (Wildman–Crippen LogP) is 2.45. The van der Waals surface area contributed by atoms with Gasteiger partial charge in [-0.1, -0.05) is 0 Å². The number of fused-ring (bicyclic) bond motifs is 1. The van der Waals surface area contributed by atoms with Crippen LogP contribution in [-0.2, 0) is 16.0 Å². The van der Waals surface area contributed by atoms with Gasteiger partial charge < -0.3 is 9.47 Å². The zero-order chi connectivity index (χ0) is 12.4. The minimum Gasteiger partial charge on any atom is -0.495 e. The smallest absolute Gasteiger partial charge is 0.315 e. The van der Waals surface area contributed by atoms with E-state index in [2.05, 4.69) is 20.9 Å². The standard InChI is InChI=1S/C12H14BrNO3/c1-3-17-12(15)8-5-4-7-10(8)14-6-9(13)11(7)16-2/h6,8H,3-5H2,1-2H3. The Morgan fingerprint density at radius 2 is 2.41 bits per heavy atom. The van der Waals surface area contributed by atoms with Crippen molar-refractivity contribution in [3.8, 4) is 5.75 Å². The molecule has 0 amide bonds. The molecule has 0 bridgehead atoms. The molecule has 1 aliphatic carbocycles. The van der Waals surface area contributed by atoms with Gasteiger partial charge in [0.1, 0.15) is 5.75 Å². The van der Waals surface area contributed by atoms with Gasteiger partial charge in [-0.25, -0.2) is 0 Å². The van der Waals surface area contributed by atoms with Gasteiger partial charge >= 0.3 is 5.97 Å². The second kappa shape index (κ2) is 5.04. The molecule has 0 fully saturated rings. The highest BCUT2D eigenvalue weighted by atomic mass is 79.9. The first-order valence-corrected chi connectivity index (χ1v) is 6.36. The average Bonchev–Trinajstić information content (AvgIpc) is 2.73. The van der Waals surface area contributed by atoms with Crippen LogP contribution in [0.15, 0.2) is 10.7 Å². The molecule has 1 aliphatic rings. The molecule has 0 spiro atoms. The fourth-order valence-corrected chi connectivity index (χ4v) is 2.69. The third-order valence-electron chi connectivity index (χ3n) is 2.91. The summed E-state index contributed by atoms with van der Waals surface area (Å²) in [6.45, 7) is 2.21. The van der Waals surface area contributed by atoms with Crippen LogP contribution in [0.1, 0.15) is 30.5 Å². The minimum absolute atomic E-state index is 0.192. The second-order valence-corrected chi connectivity index (χ2v) is 4.70. The van der Waals surface area contributed by atoms with Gasteiger partial charge in [0, 0.05) is 11.8 Å². The Morgan fingerprint density at radius 1 is 1.65 bits per heavy atom. The van der Waals surface area contributed by atoms with Crippen LogP contribution in [0, 0.1) is 0 Å². The first kappa shape index (κ1) is 12.4. The second-order valence-electron chi connectivity index (χ2n) is 3.85. The van der Waals surface area contributed by atoms with Crippen molar-refractivity contribution in [1.82, 2.24) is 4.98 Å². The van der Waals surface area contributed by atoms with Crippen LogP contribution in [0.3, 0.4) is 0 Å². The number of carbonyl (C=O) groups excluding carboxylic acids is 1. The van der Waals surface area contributed by atoms with Crippen LogP contribution in [0.5, 0.6) is 5.75 Å². The van der Waals surface area contributed by atoms with E-state index >= 15 is 0 Å². The molecule has 0 aliphatic heterocycles. The molecule has 5 heteroatoms. The van der Waals surface area contributed by atoms with Gasteiger partial charge in [-0.05, 0) is 35.7 Å². The topological polar surface area (TPSA) is 48.4 Å². The van der Waals surface area contributed by atoms with E-state index in [1.807, 2.05) is 6.92 Å². The Morgan fingerprint density at radius 3 is 3.06 bits per heavy atom. The highest BCUT2D eigenvalue weighted by molar-refractivity contribution is 9.10. The predicted molar refractivity (Wildman–Crippen MR) is 66.2 cm³/mol. The molecule has 0 saturated heterocycles. The van der Waals surface area contributed by atoms with Crippen molar-refractivity contribution in [2.75, 3.05) is 13.7 Å². The molecule has 1 atom stereocenters. The molecule has 17 heavy (non-hydrogen) atoms. The fraction of sp³-hybridized carbons (Fsp3) is 0.500. The lowest BCUT2D eigenvalue weighted by atomic mass is 10.1. The largest absolute Gasteiger partial charge is 0.495 e. The molecule has 1 aromatic heterocycles. The third-order valence-corrected chi connectivity index (χ3v) is 3.47. The molecule has 1 unspecified atom stereocenters. The molecule has 1 heterocycles. The molecule has 0 aromatic carbocycles. The van der Waals surface area contributed by atoms with Crippen LogP contribution < -0.4 is 4.74 Å². The normalized spacial score (nSPS) is 17.7. The number of pyridine rings is 1. The Balaban J connectivity index is 2.36. The van der Waals surface area contributed by atoms with Crippen molar-refractivity contribution in [1.29, 1.82) is 0 Å². The van der Waals surface area contributed by atoms with Crippen molar-refractivity contribution in [2.45, 2.75) is 25.7 Å². The van der Waals surface area contributed by atoms with E-state index in [9.17, 15) is 4.79 Å². The number of rotatable bonds is 3. The molecule has 0 N–H and O–H groups in total. The van der Waals surface area contributed by atoms with E-state index in [4.69, 9.17) is 9.47 Å². The molecule has 0 saturated carbocycles. The number of hydrogen-bond donors (Lipinski definition) is 0. The highest BCUT2D eigenvalue weighted by Gasteiger charge is 2.33. The van der Waals surface area contributed by atoms with E-state index in [1.54, 1.807) is 13.3 Å². The first-order chi connectivity index (χ1) is 8.19. The summed E-state index contributed by atoms with van der Waals surface area (Å²) in [5, 5.41) is 0. The molecular formula is C12H14BrNO3. The van der Waals surface area contributed by atoms with E-state index in [-0.39, 0.29) is 11.9 Å². The van der Waals surface area contributed by atoms with E-state index in [0.29, 0.717) is 6.61 Å². The van der Waals surface area contributed by atoms with Crippen LogP contribution in [-0.4, -0.2) is 24.7 Å². The summed E-state index contributed by atoms with van der Waals surface area (Å²) in [6, 6.07) is 0. The number of aromatic nitrogens is 1. The van der Waals surface area contributed by atoms with Crippen LogP contribution >= 0.6 is 15.9 Å². The summed E-state index contributed by atoms with van der Waals surface area (Å²) in [5.41, 5.74) is 1.81. The zero-order valence-corrected chi connectivity index (χ0v) is 11.4.